The molecule has 2 aliphatic rings. The Balaban J connectivity index is 1.57. The molecule has 5 heterocycles. The molecule has 3 aromatic heterocycles. The third kappa shape index (κ3) is 3.00. The van der Waals surface area contributed by atoms with E-state index in [0.717, 1.165) is 55.0 Å². The summed E-state index contributed by atoms with van der Waals surface area (Å²) < 4.78 is 0. The Kier molecular flexibility index (Phi) is 4.23. The van der Waals surface area contributed by atoms with Gasteiger partial charge < -0.3 is 10.2 Å². The van der Waals surface area contributed by atoms with Crippen molar-refractivity contribution >= 4 is 11.7 Å². The zero-order chi connectivity index (χ0) is 18.9. The number of amides is 1. The number of nitrogens with one attached hydrogen (secondary N) is 2. The number of anilines is 1. The number of fused-ring (bicyclic) bond motifs is 1. The van der Waals surface area contributed by atoms with Gasteiger partial charge in [-0.05, 0) is 37.5 Å². The fraction of sp³-hybridized carbons (Fsp3) is 0.350. The number of aromatic nitrogens is 5. The van der Waals surface area contributed by atoms with E-state index in [1.807, 2.05) is 18.2 Å². The summed E-state index contributed by atoms with van der Waals surface area (Å²) in [4.78, 5) is 28.5. The summed E-state index contributed by atoms with van der Waals surface area (Å²) in [7, 11) is 0. The Morgan fingerprint density at radius 2 is 2.14 bits per heavy atom. The highest BCUT2D eigenvalue weighted by Crippen LogP contribution is 2.33. The van der Waals surface area contributed by atoms with Crippen molar-refractivity contribution in [3.05, 3.63) is 53.7 Å². The molecule has 1 amide bonds. The van der Waals surface area contributed by atoms with Gasteiger partial charge in [-0.25, -0.2) is 9.97 Å². The topological polar surface area (TPSA) is 99.7 Å². The minimum atomic E-state index is -0.128. The first-order valence-corrected chi connectivity index (χ1v) is 9.63. The normalized spacial score (nSPS) is 19.2. The molecule has 8 heteroatoms. The molecule has 142 valence electrons. The molecule has 3 aromatic rings. The van der Waals surface area contributed by atoms with Crippen LogP contribution in [0, 0.1) is 0 Å². The van der Waals surface area contributed by atoms with E-state index in [2.05, 4.69) is 30.4 Å². The maximum Gasteiger partial charge on any atom is 0.270 e. The smallest absolute Gasteiger partial charge is 0.270 e. The number of carbonyl (C=O) groups is 1. The van der Waals surface area contributed by atoms with Crippen LogP contribution in [0.4, 0.5) is 5.82 Å². The average molecular weight is 375 g/mol. The molecule has 1 fully saturated rings. The average Bonchev–Trinajstić information content (AvgIpc) is 3.29. The summed E-state index contributed by atoms with van der Waals surface area (Å²) in [5, 5.41) is 10.1. The van der Waals surface area contributed by atoms with Gasteiger partial charge in [-0.15, -0.1) is 0 Å². The number of hydrogen-bond donors (Lipinski definition) is 2. The van der Waals surface area contributed by atoms with Gasteiger partial charge in [0.25, 0.3) is 5.91 Å². The van der Waals surface area contributed by atoms with E-state index in [9.17, 15) is 4.79 Å². The number of H-pyrrole nitrogens is 1. The van der Waals surface area contributed by atoms with Crippen molar-refractivity contribution in [2.75, 3.05) is 24.5 Å². The van der Waals surface area contributed by atoms with Crippen LogP contribution in [-0.4, -0.2) is 50.7 Å². The lowest BCUT2D eigenvalue weighted by Gasteiger charge is -2.35. The van der Waals surface area contributed by atoms with Crippen LogP contribution in [0.2, 0.25) is 0 Å². The molecule has 1 unspecified atom stereocenters. The molecule has 2 N–H and O–H groups in total. The quantitative estimate of drug-likeness (QED) is 0.726. The zero-order valence-corrected chi connectivity index (χ0v) is 15.4. The van der Waals surface area contributed by atoms with Gasteiger partial charge in [-0.1, -0.05) is 0 Å². The predicted octanol–water partition coefficient (Wildman–Crippen LogP) is 1.93. The van der Waals surface area contributed by atoms with Crippen LogP contribution >= 0.6 is 0 Å². The third-order valence-corrected chi connectivity index (χ3v) is 5.46. The maximum atomic E-state index is 12.5. The van der Waals surface area contributed by atoms with E-state index in [0.29, 0.717) is 24.0 Å². The lowest BCUT2D eigenvalue weighted by atomic mass is 9.94. The Morgan fingerprint density at radius 1 is 1.18 bits per heavy atom. The molecular formula is C20H21N7O. The lowest BCUT2D eigenvalue weighted by molar-refractivity contribution is 0.0940. The number of aromatic amines is 1. The van der Waals surface area contributed by atoms with Gasteiger partial charge >= 0.3 is 0 Å². The molecule has 1 atom stereocenters. The van der Waals surface area contributed by atoms with Crippen LogP contribution in [0.15, 0.2) is 36.8 Å². The van der Waals surface area contributed by atoms with Crippen molar-refractivity contribution in [1.82, 2.24) is 30.5 Å². The van der Waals surface area contributed by atoms with E-state index >= 15 is 0 Å². The highest BCUT2D eigenvalue weighted by Gasteiger charge is 2.30. The Morgan fingerprint density at radius 3 is 2.96 bits per heavy atom. The van der Waals surface area contributed by atoms with Crippen molar-refractivity contribution in [1.29, 1.82) is 0 Å². The number of rotatable bonds is 3. The first-order valence-electron chi connectivity index (χ1n) is 9.63. The van der Waals surface area contributed by atoms with Gasteiger partial charge in [0, 0.05) is 61.0 Å². The van der Waals surface area contributed by atoms with Crippen LogP contribution in [0.25, 0.3) is 11.4 Å². The Hall–Kier alpha value is -3.29. The van der Waals surface area contributed by atoms with Crippen molar-refractivity contribution in [3.63, 3.8) is 0 Å². The van der Waals surface area contributed by atoms with Gasteiger partial charge in [0.1, 0.15) is 11.5 Å². The van der Waals surface area contributed by atoms with E-state index in [1.54, 1.807) is 18.6 Å². The third-order valence-electron chi connectivity index (χ3n) is 5.46. The SMILES string of the molecule is O=C1NCCc2c1nc(-c1cccnc1)nc2N1CCCC(c2ccn[nH]2)C1. The summed E-state index contributed by atoms with van der Waals surface area (Å²) in [6.45, 7) is 2.38. The van der Waals surface area contributed by atoms with Gasteiger partial charge in [0.05, 0.1) is 0 Å². The molecular weight excluding hydrogens is 354 g/mol. The monoisotopic (exact) mass is 375 g/mol. The standard InChI is InChI=1S/C20H21N7O/c28-20-17-15(5-8-22-20)19(25-18(24-17)13-3-1-7-21-11-13)27-10-2-4-14(12-27)16-6-9-23-26-16/h1,3,6-7,9,11,14H,2,4-5,8,10,12H2,(H,22,28)(H,23,26). The second kappa shape index (κ2) is 7.03. The fourth-order valence-electron chi connectivity index (χ4n) is 4.08. The molecule has 0 saturated carbocycles. The van der Waals surface area contributed by atoms with Crippen LogP contribution in [-0.2, 0) is 6.42 Å². The number of piperidine rings is 1. The van der Waals surface area contributed by atoms with Gasteiger partial charge in [-0.2, -0.15) is 5.10 Å². The molecule has 28 heavy (non-hydrogen) atoms. The van der Waals surface area contributed by atoms with Crippen LogP contribution in [0.1, 0.15) is 40.5 Å². The molecule has 0 aliphatic carbocycles. The van der Waals surface area contributed by atoms with Crippen LogP contribution in [0.5, 0.6) is 0 Å². The number of nitrogens with zero attached hydrogens (tertiary/aromatic N) is 5. The molecule has 2 aliphatic heterocycles. The zero-order valence-electron chi connectivity index (χ0n) is 15.4. The summed E-state index contributed by atoms with van der Waals surface area (Å²) in [5.41, 5.74) is 3.39. The largest absolute Gasteiger partial charge is 0.356 e. The summed E-state index contributed by atoms with van der Waals surface area (Å²) >= 11 is 0. The van der Waals surface area contributed by atoms with Gasteiger partial charge in [0.2, 0.25) is 0 Å². The number of hydrogen-bond acceptors (Lipinski definition) is 6. The minimum Gasteiger partial charge on any atom is -0.356 e. The van der Waals surface area contributed by atoms with Crippen molar-refractivity contribution in [2.24, 2.45) is 0 Å². The molecule has 0 spiro atoms. The molecule has 8 nitrogen and oxygen atoms in total. The molecule has 5 rings (SSSR count). The highest BCUT2D eigenvalue weighted by molar-refractivity contribution is 5.96. The number of pyridine rings is 1. The minimum absolute atomic E-state index is 0.128. The van der Waals surface area contributed by atoms with Gasteiger partial charge in [-0.3, -0.25) is 14.9 Å². The van der Waals surface area contributed by atoms with Crippen LogP contribution in [0.3, 0.4) is 0 Å². The van der Waals surface area contributed by atoms with Crippen molar-refractivity contribution < 1.29 is 4.79 Å². The van der Waals surface area contributed by atoms with Crippen molar-refractivity contribution in [2.45, 2.75) is 25.2 Å². The summed E-state index contributed by atoms with van der Waals surface area (Å²) in [6.07, 6.45) is 8.17. The predicted molar refractivity (Wildman–Crippen MR) is 104 cm³/mol. The molecule has 1 saturated heterocycles. The van der Waals surface area contributed by atoms with Crippen LogP contribution < -0.4 is 10.2 Å². The first-order chi connectivity index (χ1) is 13.8. The molecule has 0 radical (unpaired) electrons. The van der Waals surface area contributed by atoms with Gasteiger partial charge in [0.15, 0.2) is 5.82 Å². The number of carbonyl (C=O) groups excluding carboxylic acids is 1. The first kappa shape index (κ1) is 16.9. The van der Waals surface area contributed by atoms with E-state index < -0.39 is 0 Å². The summed E-state index contributed by atoms with van der Waals surface area (Å²) in [6, 6.07) is 5.81. The molecule has 0 aromatic carbocycles. The fourth-order valence-corrected chi connectivity index (χ4v) is 4.08. The highest BCUT2D eigenvalue weighted by atomic mass is 16.1. The Bertz CT molecular complexity index is 987. The summed E-state index contributed by atoms with van der Waals surface area (Å²) in [5.74, 6) is 1.67. The van der Waals surface area contributed by atoms with E-state index in [4.69, 9.17) is 4.98 Å². The second-order valence-corrected chi connectivity index (χ2v) is 7.24. The maximum absolute atomic E-state index is 12.5. The van der Waals surface area contributed by atoms with E-state index in [1.165, 1.54) is 0 Å². The second-order valence-electron chi connectivity index (χ2n) is 7.24. The Labute approximate surface area is 162 Å². The van der Waals surface area contributed by atoms with Crippen molar-refractivity contribution in [3.8, 4) is 11.4 Å². The van der Waals surface area contributed by atoms with E-state index in [-0.39, 0.29) is 5.91 Å². The molecule has 0 bridgehead atoms. The lowest BCUT2D eigenvalue weighted by Crippen LogP contribution is -2.39.